The third-order valence-electron chi connectivity index (χ3n) is 6.15. The van der Waals surface area contributed by atoms with Crippen molar-refractivity contribution in [1.82, 2.24) is 39.7 Å². The predicted octanol–water partition coefficient (Wildman–Crippen LogP) is 3.06. The molecule has 40 heavy (non-hydrogen) atoms. The van der Waals surface area contributed by atoms with E-state index in [9.17, 15) is 9.59 Å². The standard InChI is InChI=1S/C28H21N9O2S/c1-16(31-27(38)23-24(29)35-36-15-7-14-30-26(23)36)25-32-20-11-6-8-18(12-13-21-34-33-17(2)40-21)22(20)28(39)37(25)19-9-4-3-5-10-19/h3-11,14-16H,1-2H3,(H2,29,35)(H,31,38). The highest BCUT2D eigenvalue weighted by molar-refractivity contribution is 7.11. The second kappa shape index (κ2) is 10.0. The maximum Gasteiger partial charge on any atom is 0.267 e. The lowest BCUT2D eigenvalue weighted by molar-refractivity contribution is 0.0940. The Hall–Kier alpha value is -5.41. The molecular weight excluding hydrogens is 526 g/mol. The van der Waals surface area contributed by atoms with Gasteiger partial charge in [-0.05, 0) is 50.1 Å². The van der Waals surface area contributed by atoms with Gasteiger partial charge in [0.2, 0.25) is 0 Å². The molecule has 6 aromatic rings. The van der Waals surface area contributed by atoms with Gasteiger partial charge in [-0.1, -0.05) is 41.5 Å². The number of fused-ring (bicyclic) bond motifs is 2. The van der Waals surface area contributed by atoms with Crippen LogP contribution in [0.2, 0.25) is 0 Å². The molecule has 4 heterocycles. The first kappa shape index (κ1) is 24.9. The van der Waals surface area contributed by atoms with Crippen LogP contribution in [-0.2, 0) is 0 Å². The third-order valence-corrected chi connectivity index (χ3v) is 6.91. The van der Waals surface area contributed by atoms with Gasteiger partial charge in [0, 0.05) is 18.0 Å². The summed E-state index contributed by atoms with van der Waals surface area (Å²) in [6.45, 7) is 3.60. The Bertz CT molecular complexity index is 2030. The van der Waals surface area contributed by atoms with E-state index >= 15 is 0 Å². The number of anilines is 1. The van der Waals surface area contributed by atoms with E-state index in [1.807, 2.05) is 25.1 Å². The molecule has 6 rings (SSSR count). The zero-order valence-electron chi connectivity index (χ0n) is 21.4. The quantitative estimate of drug-likeness (QED) is 0.320. The van der Waals surface area contributed by atoms with E-state index in [-0.39, 0.29) is 16.9 Å². The van der Waals surface area contributed by atoms with Crippen molar-refractivity contribution in [3.8, 4) is 17.5 Å². The zero-order chi connectivity index (χ0) is 27.8. The van der Waals surface area contributed by atoms with Crippen LogP contribution in [0.3, 0.4) is 0 Å². The minimum Gasteiger partial charge on any atom is -0.381 e. The largest absolute Gasteiger partial charge is 0.381 e. The predicted molar refractivity (Wildman–Crippen MR) is 151 cm³/mol. The summed E-state index contributed by atoms with van der Waals surface area (Å²) in [5.41, 5.74) is 7.76. The van der Waals surface area contributed by atoms with E-state index in [2.05, 4.69) is 37.4 Å². The molecular formula is C28H21N9O2S. The van der Waals surface area contributed by atoms with Gasteiger partial charge in [-0.25, -0.2) is 14.5 Å². The van der Waals surface area contributed by atoms with Gasteiger partial charge in [0.15, 0.2) is 16.5 Å². The molecule has 2 aromatic carbocycles. The molecule has 1 atom stereocenters. The highest BCUT2D eigenvalue weighted by Crippen LogP contribution is 2.22. The maximum atomic E-state index is 14.1. The van der Waals surface area contributed by atoms with Gasteiger partial charge in [0.1, 0.15) is 16.4 Å². The number of aromatic nitrogens is 7. The molecule has 0 aliphatic carbocycles. The summed E-state index contributed by atoms with van der Waals surface area (Å²) in [7, 11) is 0. The number of para-hydroxylation sites is 1. The average molecular weight is 548 g/mol. The Kier molecular flexibility index (Phi) is 6.25. The molecule has 12 heteroatoms. The van der Waals surface area contributed by atoms with Crippen LogP contribution < -0.4 is 16.6 Å². The number of nitrogens with one attached hydrogen (secondary N) is 1. The van der Waals surface area contributed by atoms with Crippen LogP contribution in [-0.4, -0.2) is 40.3 Å². The summed E-state index contributed by atoms with van der Waals surface area (Å²) in [6, 6.07) is 15.4. The van der Waals surface area contributed by atoms with Crippen LogP contribution in [0.15, 0.2) is 71.8 Å². The molecule has 0 aliphatic heterocycles. The first-order chi connectivity index (χ1) is 19.4. The van der Waals surface area contributed by atoms with Gasteiger partial charge < -0.3 is 11.1 Å². The number of hydrogen-bond acceptors (Lipinski definition) is 9. The van der Waals surface area contributed by atoms with Crippen LogP contribution in [0.5, 0.6) is 0 Å². The lowest BCUT2D eigenvalue weighted by Gasteiger charge is -2.20. The van der Waals surface area contributed by atoms with Gasteiger partial charge in [-0.3, -0.25) is 14.2 Å². The molecule has 196 valence electrons. The Labute approximate surface area is 231 Å². The number of nitrogens with zero attached hydrogens (tertiary/aromatic N) is 7. The van der Waals surface area contributed by atoms with Crippen LogP contribution in [0.1, 0.15) is 44.7 Å². The number of nitrogens with two attached hydrogens (primary N) is 1. The van der Waals surface area contributed by atoms with E-state index < -0.39 is 11.9 Å². The number of hydrogen-bond donors (Lipinski definition) is 2. The number of carbonyl (C=O) groups excluding carboxylic acids is 1. The fourth-order valence-electron chi connectivity index (χ4n) is 4.39. The van der Waals surface area contributed by atoms with Crippen LogP contribution in [0.25, 0.3) is 22.2 Å². The van der Waals surface area contributed by atoms with Crippen molar-refractivity contribution in [1.29, 1.82) is 0 Å². The Morgan fingerprint density at radius 3 is 2.67 bits per heavy atom. The molecule has 1 unspecified atom stereocenters. The third kappa shape index (κ3) is 4.44. The minimum absolute atomic E-state index is 0.0455. The number of carbonyl (C=O) groups is 1. The van der Waals surface area contributed by atoms with E-state index in [1.54, 1.807) is 55.7 Å². The zero-order valence-corrected chi connectivity index (χ0v) is 22.2. The fourth-order valence-corrected chi connectivity index (χ4v) is 4.94. The van der Waals surface area contributed by atoms with Crippen molar-refractivity contribution in [3.63, 3.8) is 0 Å². The topological polar surface area (TPSA) is 146 Å². The van der Waals surface area contributed by atoms with Gasteiger partial charge in [0.05, 0.1) is 22.6 Å². The average Bonchev–Trinajstić information content (AvgIpc) is 3.53. The molecule has 0 saturated heterocycles. The van der Waals surface area contributed by atoms with Gasteiger partial charge in [-0.15, -0.1) is 15.3 Å². The summed E-state index contributed by atoms with van der Waals surface area (Å²) >= 11 is 1.37. The highest BCUT2D eigenvalue weighted by Gasteiger charge is 2.24. The number of aryl methyl sites for hydroxylation is 1. The Morgan fingerprint density at radius 2 is 1.90 bits per heavy atom. The lowest BCUT2D eigenvalue weighted by Crippen LogP contribution is -2.33. The summed E-state index contributed by atoms with van der Waals surface area (Å²) in [4.78, 5) is 36.6. The molecule has 1 amide bonds. The fraction of sp³-hybridized carbons (Fsp3) is 0.107. The number of rotatable bonds is 4. The molecule has 0 spiro atoms. The molecule has 0 bridgehead atoms. The molecule has 4 aromatic heterocycles. The molecule has 3 N–H and O–H groups in total. The van der Waals surface area contributed by atoms with Crippen molar-refractivity contribution in [2.24, 2.45) is 0 Å². The molecule has 0 saturated carbocycles. The van der Waals surface area contributed by atoms with E-state index in [0.29, 0.717) is 38.6 Å². The first-order valence-corrected chi connectivity index (χ1v) is 13.1. The Balaban J connectivity index is 1.48. The SMILES string of the molecule is Cc1nnc(C#Cc2cccc3nc(C(C)NC(=O)c4c(N)nn5cccnc45)n(-c4ccccc4)c(=O)c23)s1. The van der Waals surface area contributed by atoms with Crippen molar-refractivity contribution in [2.75, 3.05) is 5.73 Å². The van der Waals surface area contributed by atoms with Gasteiger partial charge in [0.25, 0.3) is 11.5 Å². The van der Waals surface area contributed by atoms with Gasteiger partial charge in [-0.2, -0.15) is 0 Å². The van der Waals surface area contributed by atoms with Crippen LogP contribution in [0, 0.1) is 18.8 Å². The van der Waals surface area contributed by atoms with Crippen molar-refractivity contribution >= 4 is 39.6 Å². The second-order valence-electron chi connectivity index (χ2n) is 8.87. The summed E-state index contributed by atoms with van der Waals surface area (Å²) in [6.07, 6.45) is 3.21. The molecule has 0 radical (unpaired) electrons. The van der Waals surface area contributed by atoms with Gasteiger partial charge >= 0.3 is 0 Å². The first-order valence-electron chi connectivity index (χ1n) is 12.2. The molecule has 0 fully saturated rings. The smallest absolute Gasteiger partial charge is 0.267 e. The van der Waals surface area contributed by atoms with E-state index in [4.69, 9.17) is 10.7 Å². The number of amides is 1. The number of benzene rings is 2. The normalized spacial score (nSPS) is 11.8. The molecule has 0 aliphatic rings. The Morgan fingerprint density at radius 1 is 1.07 bits per heavy atom. The van der Waals surface area contributed by atoms with E-state index in [1.165, 1.54) is 20.4 Å². The van der Waals surface area contributed by atoms with E-state index in [0.717, 1.165) is 5.01 Å². The summed E-state index contributed by atoms with van der Waals surface area (Å²) in [5, 5.41) is 16.8. The van der Waals surface area contributed by atoms with Crippen molar-refractivity contribution < 1.29 is 4.79 Å². The van der Waals surface area contributed by atoms with Crippen LogP contribution in [0.4, 0.5) is 5.82 Å². The summed E-state index contributed by atoms with van der Waals surface area (Å²) in [5.74, 6) is 5.96. The lowest BCUT2D eigenvalue weighted by atomic mass is 10.1. The van der Waals surface area contributed by atoms with Crippen molar-refractivity contribution in [3.05, 3.63) is 104 Å². The van der Waals surface area contributed by atoms with Crippen molar-refractivity contribution in [2.45, 2.75) is 19.9 Å². The number of nitrogen functional groups attached to an aromatic ring is 1. The summed E-state index contributed by atoms with van der Waals surface area (Å²) < 4.78 is 2.93. The monoisotopic (exact) mass is 547 g/mol. The minimum atomic E-state index is -0.693. The highest BCUT2D eigenvalue weighted by atomic mass is 32.1. The maximum absolute atomic E-state index is 14.1. The second-order valence-corrected chi connectivity index (χ2v) is 10.0. The molecule has 11 nitrogen and oxygen atoms in total. The van der Waals surface area contributed by atoms with Crippen LogP contribution >= 0.6 is 11.3 Å².